The first-order valence-corrected chi connectivity index (χ1v) is 4.62. The Bertz CT molecular complexity index is 184. The maximum absolute atomic E-state index is 5.63. The molecule has 1 aliphatic rings. The van der Waals surface area contributed by atoms with Crippen LogP contribution in [0.5, 0.6) is 0 Å². The van der Waals surface area contributed by atoms with E-state index in [0.717, 1.165) is 31.6 Å². The van der Waals surface area contributed by atoms with Crippen molar-refractivity contribution in [3.05, 3.63) is 12.2 Å². The molecule has 0 saturated carbocycles. The zero-order valence-electron chi connectivity index (χ0n) is 7.92. The van der Waals surface area contributed by atoms with Gasteiger partial charge in [0, 0.05) is 19.4 Å². The Morgan fingerprint density at radius 1 is 1.67 bits per heavy atom. The summed E-state index contributed by atoms with van der Waals surface area (Å²) < 4.78 is 5.63. The highest BCUT2D eigenvalue weighted by molar-refractivity contribution is 5.90. The molecule has 2 heteroatoms. The molecule has 1 heterocycles. The number of allylic oxidation sites excluding steroid dienone is 1. The molecule has 12 heavy (non-hydrogen) atoms. The topological polar surface area (TPSA) is 21.6 Å². The van der Waals surface area contributed by atoms with Gasteiger partial charge in [0.1, 0.15) is 6.10 Å². The predicted molar refractivity (Wildman–Crippen MR) is 51.8 cm³/mol. The molecule has 0 aromatic carbocycles. The fourth-order valence-electron chi connectivity index (χ4n) is 1.38. The Morgan fingerprint density at radius 2 is 2.50 bits per heavy atom. The van der Waals surface area contributed by atoms with Crippen LogP contribution in [0.15, 0.2) is 17.1 Å². The van der Waals surface area contributed by atoms with Gasteiger partial charge in [0.15, 0.2) is 0 Å². The second-order valence-corrected chi connectivity index (χ2v) is 2.93. The normalized spacial score (nSPS) is 25.5. The Kier molecular flexibility index (Phi) is 4.01. The van der Waals surface area contributed by atoms with Crippen molar-refractivity contribution < 1.29 is 4.74 Å². The van der Waals surface area contributed by atoms with Gasteiger partial charge < -0.3 is 4.74 Å². The fourth-order valence-corrected chi connectivity index (χ4v) is 1.38. The predicted octanol–water partition coefficient (Wildman–Crippen LogP) is 2.20. The van der Waals surface area contributed by atoms with Crippen LogP contribution in [0.1, 0.15) is 26.2 Å². The SMILES string of the molecule is CCC(=NC)C1C=CCCCO1. The van der Waals surface area contributed by atoms with Gasteiger partial charge in [-0.3, -0.25) is 4.99 Å². The highest BCUT2D eigenvalue weighted by Crippen LogP contribution is 2.08. The lowest BCUT2D eigenvalue weighted by atomic mass is 10.1. The first kappa shape index (κ1) is 9.46. The molecule has 2 nitrogen and oxygen atoms in total. The van der Waals surface area contributed by atoms with E-state index < -0.39 is 0 Å². The van der Waals surface area contributed by atoms with Gasteiger partial charge in [-0.05, 0) is 19.3 Å². The third kappa shape index (κ3) is 2.45. The Morgan fingerprint density at radius 3 is 3.17 bits per heavy atom. The van der Waals surface area contributed by atoms with Gasteiger partial charge in [0.05, 0.1) is 0 Å². The summed E-state index contributed by atoms with van der Waals surface area (Å²) in [5.41, 5.74) is 1.15. The molecule has 0 radical (unpaired) electrons. The number of aliphatic imine (C=N–C) groups is 1. The van der Waals surface area contributed by atoms with Crippen LogP contribution < -0.4 is 0 Å². The van der Waals surface area contributed by atoms with Crippen LogP contribution in [0, 0.1) is 0 Å². The van der Waals surface area contributed by atoms with E-state index in [1.807, 2.05) is 7.05 Å². The minimum Gasteiger partial charge on any atom is -0.368 e. The lowest BCUT2D eigenvalue weighted by molar-refractivity contribution is 0.128. The summed E-state index contributed by atoms with van der Waals surface area (Å²) in [4.78, 5) is 4.21. The maximum atomic E-state index is 5.63. The zero-order chi connectivity index (χ0) is 8.81. The monoisotopic (exact) mass is 167 g/mol. The van der Waals surface area contributed by atoms with Crippen molar-refractivity contribution in [2.75, 3.05) is 13.7 Å². The summed E-state index contributed by atoms with van der Waals surface area (Å²) >= 11 is 0. The second-order valence-electron chi connectivity index (χ2n) is 2.93. The second kappa shape index (κ2) is 5.09. The van der Waals surface area contributed by atoms with Crippen molar-refractivity contribution in [2.45, 2.75) is 32.3 Å². The first-order valence-electron chi connectivity index (χ1n) is 4.62. The van der Waals surface area contributed by atoms with E-state index in [-0.39, 0.29) is 6.10 Å². The van der Waals surface area contributed by atoms with E-state index in [0.29, 0.717) is 0 Å². The van der Waals surface area contributed by atoms with Crippen LogP contribution in [0.2, 0.25) is 0 Å². The molecular formula is C10H17NO. The van der Waals surface area contributed by atoms with Crippen molar-refractivity contribution in [3.8, 4) is 0 Å². The first-order chi connectivity index (χ1) is 5.88. The van der Waals surface area contributed by atoms with Crippen LogP contribution >= 0.6 is 0 Å². The van der Waals surface area contributed by atoms with Gasteiger partial charge in [-0.25, -0.2) is 0 Å². The van der Waals surface area contributed by atoms with Gasteiger partial charge in [-0.1, -0.05) is 19.1 Å². The molecule has 68 valence electrons. The summed E-state index contributed by atoms with van der Waals surface area (Å²) in [6.07, 6.45) is 7.70. The van der Waals surface area contributed by atoms with Crippen LogP contribution in [0.25, 0.3) is 0 Å². The Labute approximate surface area is 74.3 Å². The van der Waals surface area contributed by atoms with E-state index >= 15 is 0 Å². The van der Waals surface area contributed by atoms with Gasteiger partial charge >= 0.3 is 0 Å². The molecule has 0 amide bonds. The van der Waals surface area contributed by atoms with Crippen molar-refractivity contribution in [1.29, 1.82) is 0 Å². The molecule has 0 aromatic rings. The molecular weight excluding hydrogens is 150 g/mol. The summed E-state index contributed by atoms with van der Waals surface area (Å²) in [5.74, 6) is 0. The largest absolute Gasteiger partial charge is 0.368 e. The molecule has 1 aliphatic heterocycles. The molecule has 1 unspecified atom stereocenters. The van der Waals surface area contributed by atoms with Crippen molar-refractivity contribution in [3.63, 3.8) is 0 Å². The Hall–Kier alpha value is -0.630. The lowest BCUT2D eigenvalue weighted by Gasteiger charge is -2.13. The van der Waals surface area contributed by atoms with Gasteiger partial charge in [-0.15, -0.1) is 0 Å². The van der Waals surface area contributed by atoms with Gasteiger partial charge in [0.25, 0.3) is 0 Å². The molecule has 0 spiro atoms. The molecule has 0 bridgehead atoms. The van der Waals surface area contributed by atoms with Crippen LogP contribution in [0.4, 0.5) is 0 Å². The molecule has 1 atom stereocenters. The quantitative estimate of drug-likeness (QED) is 0.456. The highest BCUT2D eigenvalue weighted by atomic mass is 16.5. The lowest BCUT2D eigenvalue weighted by Crippen LogP contribution is -2.21. The van der Waals surface area contributed by atoms with E-state index in [4.69, 9.17) is 4.74 Å². The number of ether oxygens (including phenoxy) is 1. The van der Waals surface area contributed by atoms with Crippen LogP contribution in [0.3, 0.4) is 0 Å². The summed E-state index contributed by atoms with van der Waals surface area (Å²) in [6.45, 7) is 2.97. The zero-order valence-corrected chi connectivity index (χ0v) is 7.92. The van der Waals surface area contributed by atoms with Crippen molar-refractivity contribution >= 4 is 5.71 Å². The fraction of sp³-hybridized carbons (Fsp3) is 0.700. The molecule has 1 rings (SSSR count). The maximum Gasteiger partial charge on any atom is 0.113 e. The van der Waals surface area contributed by atoms with Gasteiger partial charge in [0.2, 0.25) is 0 Å². The van der Waals surface area contributed by atoms with E-state index in [9.17, 15) is 0 Å². The number of rotatable bonds is 2. The van der Waals surface area contributed by atoms with Crippen molar-refractivity contribution in [1.82, 2.24) is 0 Å². The van der Waals surface area contributed by atoms with Crippen LogP contribution in [-0.4, -0.2) is 25.5 Å². The molecule has 0 aliphatic carbocycles. The van der Waals surface area contributed by atoms with Crippen molar-refractivity contribution in [2.24, 2.45) is 4.99 Å². The minimum atomic E-state index is 0.141. The standard InChI is InChI=1S/C10H17NO/c1-3-9(11-2)10-7-5-4-6-8-12-10/h5,7,10H,3-4,6,8H2,1-2H3. The third-order valence-electron chi connectivity index (χ3n) is 2.10. The summed E-state index contributed by atoms with van der Waals surface area (Å²) in [6, 6.07) is 0. The highest BCUT2D eigenvalue weighted by Gasteiger charge is 2.12. The van der Waals surface area contributed by atoms with Gasteiger partial charge in [-0.2, -0.15) is 0 Å². The Balaban J connectivity index is 2.58. The third-order valence-corrected chi connectivity index (χ3v) is 2.10. The molecule has 0 saturated heterocycles. The smallest absolute Gasteiger partial charge is 0.113 e. The number of hydrogen-bond donors (Lipinski definition) is 0. The van der Waals surface area contributed by atoms with E-state index in [1.165, 1.54) is 0 Å². The summed E-state index contributed by atoms with van der Waals surface area (Å²) in [5, 5.41) is 0. The molecule has 0 aromatic heterocycles. The number of nitrogens with zero attached hydrogens (tertiary/aromatic N) is 1. The molecule has 0 N–H and O–H groups in total. The molecule has 0 fully saturated rings. The van der Waals surface area contributed by atoms with E-state index in [2.05, 4.69) is 24.1 Å². The summed E-state index contributed by atoms with van der Waals surface area (Å²) in [7, 11) is 1.83. The average Bonchev–Trinajstić information content (AvgIpc) is 2.35. The van der Waals surface area contributed by atoms with E-state index in [1.54, 1.807) is 0 Å². The van der Waals surface area contributed by atoms with Crippen LogP contribution in [-0.2, 0) is 4.74 Å². The average molecular weight is 167 g/mol. The number of hydrogen-bond acceptors (Lipinski definition) is 2. The minimum absolute atomic E-state index is 0.141.